The average molecular weight is 297 g/mol. The molecule has 1 saturated heterocycles. The highest BCUT2D eigenvalue weighted by atomic mass is 16.4. The van der Waals surface area contributed by atoms with Gasteiger partial charge >= 0.3 is 12.0 Å². The van der Waals surface area contributed by atoms with Crippen LogP contribution in [0, 0.1) is 5.92 Å². The molecule has 1 aliphatic carbocycles. The molecule has 0 bridgehead atoms. The van der Waals surface area contributed by atoms with E-state index in [-0.39, 0.29) is 6.03 Å². The number of aliphatic carboxylic acids is 1. The van der Waals surface area contributed by atoms with Crippen molar-refractivity contribution >= 4 is 12.0 Å². The van der Waals surface area contributed by atoms with Crippen LogP contribution in [0.5, 0.6) is 0 Å². The predicted octanol–water partition coefficient (Wildman–Crippen LogP) is 1.41. The van der Waals surface area contributed by atoms with Gasteiger partial charge in [0.2, 0.25) is 0 Å². The highest BCUT2D eigenvalue weighted by molar-refractivity contribution is 5.86. The molecule has 2 amide bonds. The average Bonchev–Trinajstić information content (AvgIpc) is 3.05. The standard InChI is InChI=1S/C15H27N3O3/c1-11(2)18-8-5-12(10-18)9-16-14(21)17-15(13(19)20)6-3-4-7-15/h11-12H,3-10H2,1-2H3,(H,19,20)(H2,16,17,21). The Bertz CT molecular complexity index is 392. The van der Waals surface area contributed by atoms with E-state index in [2.05, 4.69) is 29.4 Å². The molecule has 1 aliphatic heterocycles. The SMILES string of the molecule is CC(C)N1CCC(CNC(=O)NC2(C(=O)O)CCCC2)C1. The zero-order valence-corrected chi connectivity index (χ0v) is 13.0. The van der Waals surface area contributed by atoms with Crippen molar-refractivity contribution in [1.82, 2.24) is 15.5 Å². The monoisotopic (exact) mass is 297 g/mol. The van der Waals surface area contributed by atoms with Crippen LogP contribution in [0.15, 0.2) is 0 Å². The molecule has 120 valence electrons. The zero-order valence-electron chi connectivity index (χ0n) is 13.0. The van der Waals surface area contributed by atoms with Crippen LogP contribution in [0.2, 0.25) is 0 Å². The van der Waals surface area contributed by atoms with Crippen LogP contribution < -0.4 is 10.6 Å². The highest BCUT2D eigenvalue weighted by Crippen LogP contribution is 2.29. The van der Waals surface area contributed by atoms with E-state index in [9.17, 15) is 14.7 Å². The maximum absolute atomic E-state index is 12.0. The second kappa shape index (κ2) is 6.64. The van der Waals surface area contributed by atoms with Crippen LogP contribution in [-0.2, 0) is 4.79 Å². The molecule has 1 unspecified atom stereocenters. The van der Waals surface area contributed by atoms with Gasteiger partial charge in [-0.2, -0.15) is 0 Å². The Morgan fingerprint density at radius 1 is 1.33 bits per heavy atom. The van der Waals surface area contributed by atoms with Crippen molar-refractivity contribution in [1.29, 1.82) is 0 Å². The topological polar surface area (TPSA) is 81.7 Å². The lowest BCUT2D eigenvalue weighted by molar-refractivity contribution is -0.144. The second-order valence-electron chi connectivity index (χ2n) is 6.67. The first kappa shape index (κ1) is 16.1. The lowest BCUT2D eigenvalue weighted by Crippen LogP contribution is -2.56. The van der Waals surface area contributed by atoms with Crippen molar-refractivity contribution in [2.75, 3.05) is 19.6 Å². The van der Waals surface area contributed by atoms with Crippen LogP contribution in [0.25, 0.3) is 0 Å². The zero-order chi connectivity index (χ0) is 15.5. The molecule has 0 aromatic heterocycles. The minimum atomic E-state index is -1.05. The predicted molar refractivity (Wildman–Crippen MR) is 80.2 cm³/mol. The molecule has 0 radical (unpaired) electrons. The molecule has 1 atom stereocenters. The van der Waals surface area contributed by atoms with Crippen molar-refractivity contribution in [2.45, 2.75) is 57.5 Å². The molecule has 1 saturated carbocycles. The van der Waals surface area contributed by atoms with E-state index in [1.165, 1.54) is 0 Å². The molecule has 0 spiro atoms. The van der Waals surface area contributed by atoms with Crippen LogP contribution in [0.3, 0.4) is 0 Å². The number of carboxylic acid groups (broad SMARTS) is 1. The first-order valence-corrected chi connectivity index (χ1v) is 7.96. The van der Waals surface area contributed by atoms with Crippen LogP contribution in [0.1, 0.15) is 46.0 Å². The van der Waals surface area contributed by atoms with E-state index in [4.69, 9.17) is 0 Å². The summed E-state index contributed by atoms with van der Waals surface area (Å²) in [4.78, 5) is 25.8. The van der Waals surface area contributed by atoms with Gasteiger partial charge < -0.3 is 20.6 Å². The number of urea groups is 1. The number of nitrogens with one attached hydrogen (secondary N) is 2. The van der Waals surface area contributed by atoms with Crippen molar-refractivity contribution < 1.29 is 14.7 Å². The number of rotatable bonds is 5. The Kier molecular flexibility index (Phi) is 5.08. The molecule has 1 heterocycles. The quantitative estimate of drug-likeness (QED) is 0.716. The summed E-state index contributed by atoms with van der Waals surface area (Å²) >= 11 is 0. The number of nitrogens with zero attached hydrogens (tertiary/aromatic N) is 1. The molecule has 0 aromatic rings. The molecule has 2 aliphatic rings. The van der Waals surface area contributed by atoms with Gasteiger partial charge in [0.25, 0.3) is 0 Å². The summed E-state index contributed by atoms with van der Waals surface area (Å²) in [6, 6.07) is 0.194. The third-order valence-corrected chi connectivity index (χ3v) is 4.82. The third kappa shape index (κ3) is 3.87. The third-order valence-electron chi connectivity index (χ3n) is 4.82. The van der Waals surface area contributed by atoms with Gasteiger partial charge in [0.05, 0.1) is 0 Å². The Morgan fingerprint density at radius 2 is 2.00 bits per heavy atom. The van der Waals surface area contributed by atoms with Crippen LogP contribution in [0.4, 0.5) is 4.79 Å². The Hall–Kier alpha value is -1.30. The smallest absolute Gasteiger partial charge is 0.329 e. The first-order chi connectivity index (χ1) is 9.93. The van der Waals surface area contributed by atoms with E-state index in [1.807, 2.05) is 0 Å². The minimum Gasteiger partial charge on any atom is -0.480 e. The Morgan fingerprint density at radius 3 is 2.52 bits per heavy atom. The fourth-order valence-corrected chi connectivity index (χ4v) is 3.37. The first-order valence-electron chi connectivity index (χ1n) is 7.96. The number of carbonyl (C=O) groups excluding carboxylic acids is 1. The van der Waals surface area contributed by atoms with E-state index in [0.29, 0.717) is 31.3 Å². The molecular weight excluding hydrogens is 270 g/mol. The van der Waals surface area contributed by atoms with E-state index >= 15 is 0 Å². The normalized spacial score (nSPS) is 25.2. The number of carboxylic acids is 1. The molecule has 6 nitrogen and oxygen atoms in total. The number of likely N-dealkylation sites (tertiary alicyclic amines) is 1. The number of hydrogen-bond acceptors (Lipinski definition) is 3. The molecule has 2 rings (SSSR count). The maximum Gasteiger partial charge on any atom is 0.329 e. The van der Waals surface area contributed by atoms with Gasteiger partial charge in [0, 0.05) is 19.1 Å². The fraction of sp³-hybridized carbons (Fsp3) is 0.867. The van der Waals surface area contributed by atoms with Crippen molar-refractivity contribution in [3.63, 3.8) is 0 Å². The summed E-state index contributed by atoms with van der Waals surface area (Å²) in [5.41, 5.74) is -1.05. The summed E-state index contributed by atoms with van der Waals surface area (Å²) in [6.45, 7) is 7.05. The molecule has 3 N–H and O–H groups in total. The summed E-state index contributed by atoms with van der Waals surface area (Å²) in [5, 5.41) is 14.9. The summed E-state index contributed by atoms with van der Waals surface area (Å²) in [7, 11) is 0. The number of amides is 2. The molecule has 0 aromatic carbocycles. The van der Waals surface area contributed by atoms with E-state index in [1.54, 1.807) is 0 Å². The van der Waals surface area contributed by atoms with Crippen molar-refractivity contribution in [3.05, 3.63) is 0 Å². The summed E-state index contributed by atoms with van der Waals surface area (Å²) < 4.78 is 0. The fourth-order valence-electron chi connectivity index (χ4n) is 3.37. The van der Waals surface area contributed by atoms with Gasteiger partial charge in [0.1, 0.15) is 5.54 Å². The second-order valence-corrected chi connectivity index (χ2v) is 6.67. The van der Waals surface area contributed by atoms with Gasteiger partial charge in [0.15, 0.2) is 0 Å². The molecule has 6 heteroatoms. The lowest BCUT2D eigenvalue weighted by Gasteiger charge is -2.26. The molecule has 21 heavy (non-hydrogen) atoms. The van der Waals surface area contributed by atoms with Gasteiger partial charge in [-0.1, -0.05) is 12.8 Å². The van der Waals surface area contributed by atoms with Gasteiger partial charge in [-0.25, -0.2) is 9.59 Å². The summed E-state index contributed by atoms with van der Waals surface area (Å²) in [5.74, 6) is -0.454. The van der Waals surface area contributed by atoms with E-state index < -0.39 is 11.5 Å². The van der Waals surface area contributed by atoms with Gasteiger partial charge in [-0.3, -0.25) is 0 Å². The largest absolute Gasteiger partial charge is 0.480 e. The van der Waals surface area contributed by atoms with Crippen molar-refractivity contribution in [2.24, 2.45) is 5.92 Å². The number of hydrogen-bond donors (Lipinski definition) is 3. The summed E-state index contributed by atoms with van der Waals surface area (Å²) in [6.07, 6.45) is 3.86. The Balaban J connectivity index is 1.76. The minimum absolute atomic E-state index is 0.345. The van der Waals surface area contributed by atoms with Gasteiger partial charge in [-0.05, 0) is 45.6 Å². The number of carbonyl (C=O) groups is 2. The van der Waals surface area contributed by atoms with E-state index in [0.717, 1.165) is 32.4 Å². The maximum atomic E-state index is 12.0. The van der Waals surface area contributed by atoms with Crippen molar-refractivity contribution in [3.8, 4) is 0 Å². The van der Waals surface area contributed by atoms with Gasteiger partial charge in [-0.15, -0.1) is 0 Å². The molecular formula is C15H27N3O3. The Labute approximate surface area is 126 Å². The molecule has 2 fully saturated rings. The van der Waals surface area contributed by atoms with Crippen LogP contribution in [-0.4, -0.2) is 53.2 Å². The highest BCUT2D eigenvalue weighted by Gasteiger charge is 2.42. The van der Waals surface area contributed by atoms with Crippen LogP contribution >= 0.6 is 0 Å². The lowest BCUT2D eigenvalue weighted by atomic mass is 9.98.